The van der Waals surface area contributed by atoms with E-state index in [-0.39, 0.29) is 5.70 Å². The topological polar surface area (TPSA) is 90.2 Å². The molecule has 136 valence electrons. The van der Waals surface area contributed by atoms with E-state index in [4.69, 9.17) is 0 Å². The number of hydrogen-bond donors (Lipinski definition) is 2. The number of aliphatic carboxylic acids is 1. The predicted octanol–water partition coefficient (Wildman–Crippen LogP) is 4.08. The first-order valence-corrected chi connectivity index (χ1v) is 8.49. The summed E-state index contributed by atoms with van der Waals surface area (Å²) in [4.78, 5) is 23.9. The van der Waals surface area contributed by atoms with Crippen LogP contribution in [0.25, 0.3) is 17.2 Å². The monoisotopic (exact) mass is 368 g/mol. The Morgan fingerprint density at radius 1 is 0.929 bits per heavy atom. The molecule has 5 nitrogen and oxygen atoms in total. The van der Waals surface area contributed by atoms with Crippen LogP contribution in [0.5, 0.6) is 0 Å². The summed E-state index contributed by atoms with van der Waals surface area (Å²) in [5, 5.41) is 21.2. The molecule has 0 saturated carbocycles. The van der Waals surface area contributed by atoms with Gasteiger partial charge in [0, 0.05) is 5.56 Å². The fraction of sp³-hybridized carbons (Fsp3) is 0. The summed E-state index contributed by atoms with van der Waals surface area (Å²) in [6, 6.07) is 24.8. The molecule has 0 aromatic heterocycles. The van der Waals surface area contributed by atoms with Crippen LogP contribution in [0.2, 0.25) is 0 Å². The van der Waals surface area contributed by atoms with Crippen molar-refractivity contribution in [2.75, 3.05) is 0 Å². The number of nitrogens with zero attached hydrogens (tertiary/aromatic N) is 1. The summed E-state index contributed by atoms with van der Waals surface area (Å²) in [6.45, 7) is 0. The molecule has 0 radical (unpaired) electrons. The van der Waals surface area contributed by atoms with E-state index in [2.05, 4.69) is 11.4 Å². The zero-order valence-corrected chi connectivity index (χ0v) is 14.8. The molecule has 0 aliphatic carbocycles. The molecule has 0 saturated heterocycles. The number of amides is 1. The Bertz CT molecular complexity index is 1100. The molecule has 2 N–H and O–H groups in total. The highest BCUT2D eigenvalue weighted by Crippen LogP contribution is 2.24. The number of rotatable bonds is 5. The molecule has 1 amide bonds. The van der Waals surface area contributed by atoms with Crippen LogP contribution in [-0.4, -0.2) is 17.0 Å². The SMILES string of the molecule is N#Cc1ccccc1-c1cccc(/C=C(/NC(=O)c2ccccc2)C(=O)O)c1. The van der Waals surface area contributed by atoms with Crippen LogP contribution in [0.15, 0.2) is 84.6 Å². The lowest BCUT2D eigenvalue weighted by atomic mass is 9.98. The number of carboxylic acid groups (broad SMARTS) is 1. The molecule has 0 aliphatic rings. The van der Waals surface area contributed by atoms with E-state index in [1.807, 2.05) is 18.2 Å². The van der Waals surface area contributed by atoms with Crippen LogP contribution in [0.4, 0.5) is 0 Å². The molecule has 5 heteroatoms. The van der Waals surface area contributed by atoms with E-state index >= 15 is 0 Å². The zero-order chi connectivity index (χ0) is 19.9. The molecule has 0 unspecified atom stereocenters. The lowest BCUT2D eigenvalue weighted by Crippen LogP contribution is -2.27. The van der Waals surface area contributed by atoms with Gasteiger partial charge in [-0.2, -0.15) is 5.26 Å². The molecule has 0 spiro atoms. The minimum atomic E-state index is -1.24. The van der Waals surface area contributed by atoms with E-state index in [1.165, 1.54) is 6.08 Å². The summed E-state index contributed by atoms with van der Waals surface area (Å²) >= 11 is 0. The third kappa shape index (κ3) is 4.32. The fourth-order valence-electron chi connectivity index (χ4n) is 2.73. The van der Waals surface area contributed by atoms with Crippen molar-refractivity contribution in [3.63, 3.8) is 0 Å². The lowest BCUT2D eigenvalue weighted by molar-refractivity contribution is -0.132. The molecule has 0 bridgehead atoms. The van der Waals surface area contributed by atoms with Gasteiger partial charge in [0.15, 0.2) is 0 Å². The number of carbonyl (C=O) groups excluding carboxylic acids is 1. The van der Waals surface area contributed by atoms with Crippen LogP contribution in [-0.2, 0) is 4.79 Å². The standard InChI is InChI=1S/C23H16N2O3/c24-15-19-10-4-5-12-20(19)18-11-6-7-16(13-18)14-21(23(27)28)25-22(26)17-8-2-1-3-9-17/h1-14H,(H,25,26)(H,27,28)/b21-14+. The summed E-state index contributed by atoms with van der Waals surface area (Å²) in [7, 11) is 0. The summed E-state index contributed by atoms with van der Waals surface area (Å²) < 4.78 is 0. The summed E-state index contributed by atoms with van der Waals surface area (Å²) in [5.41, 5.74) is 2.79. The molecule has 28 heavy (non-hydrogen) atoms. The van der Waals surface area contributed by atoms with Crippen molar-refractivity contribution in [1.29, 1.82) is 5.26 Å². The summed E-state index contributed by atoms with van der Waals surface area (Å²) in [6.07, 6.45) is 1.39. The number of carboxylic acids is 1. The van der Waals surface area contributed by atoms with Gasteiger partial charge in [0.2, 0.25) is 0 Å². The van der Waals surface area contributed by atoms with Gasteiger partial charge in [-0.3, -0.25) is 4.79 Å². The van der Waals surface area contributed by atoms with Crippen LogP contribution in [0.1, 0.15) is 21.5 Å². The van der Waals surface area contributed by atoms with Crippen LogP contribution in [0, 0.1) is 11.3 Å². The number of carbonyl (C=O) groups is 2. The van der Waals surface area contributed by atoms with E-state index in [9.17, 15) is 20.0 Å². The maximum Gasteiger partial charge on any atom is 0.352 e. The highest BCUT2D eigenvalue weighted by molar-refractivity contribution is 6.02. The van der Waals surface area contributed by atoms with Crippen molar-refractivity contribution < 1.29 is 14.7 Å². The van der Waals surface area contributed by atoms with Crippen molar-refractivity contribution >= 4 is 18.0 Å². The Balaban J connectivity index is 1.93. The molecule has 0 aliphatic heterocycles. The van der Waals surface area contributed by atoms with Crippen molar-refractivity contribution in [2.24, 2.45) is 0 Å². The van der Waals surface area contributed by atoms with Gasteiger partial charge in [0.05, 0.1) is 11.6 Å². The second-order valence-corrected chi connectivity index (χ2v) is 5.97. The Kier molecular flexibility index (Phi) is 5.63. The largest absolute Gasteiger partial charge is 0.477 e. The van der Waals surface area contributed by atoms with E-state index in [0.29, 0.717) is 16.7 Å². The zero-order valence-electron chi connectivity index (χ0n) is 14.8. The Morgan fingerprint density at radius 2 is 1.64 bits per heavy atom. The second-order valence-electron chi connectivity index (χ2n) is 5.97. The van der Waals surface area contributed by atoms with Crippen LogP contribution < -0.4 is 5.32 Å². The number of nitriles is 1. The number of hydrogen-bond acceptors (Lipinski definition) is 3. The molecule has 0 heterocycles. The van der Waals surface area contributed by atoms with Crippen LogP contribution >= 0.6 is 0 Å². The second kappa shape index (κ2) is 8.47. The van der Waals surface area contributed by atoms with Crippen molar-refractivity contribution in [1.82, 2.24) is 5.32 Å². The molecule has 3 aromatic rings. The minimum absolute atomic E-state index is 0.237. The van der Waals surface area contributed by atoms with Gasteiger partial charge in [-0.05, 0) is 47.0 Å². The number of nitrogens with one attached hydrogen (secondary N) is 1. The van der Waals surface area contributed by atoms with Gasteiger partial charge in [0.1, 0.15) is 5.70 Å². The minimum Gasteiger partial charge on any atom is -0.477 e. The smallest absolute Gasteiger partial charge is 0.352 e. The molecule has 3 rings (SSSR count). The lowest BCUT2D eigenvalue weighted by Gasteiger charge is -2.08. The molecule has 0 fully saturated rings. The average molecular weight is 368 g/mol. The third-order valence-corrected chi connectivity index (χ3v) is 4.07. The Hall–Kier alpha value is -4.17. The quantitative estimate of drug-likeness (QED) is 0.664. The number of benzene rings is 3. The molecular formula is C23H16N2O3. The normalized spacial score (nSPS) is 10.8. The highest BCUT2D eigenvalue weighted by Gasteiger charge is 2.13. The van der Waals surface area contributed by atoms with Crippen molar-refractivity contribution in [3.05, 3.63) is 101 Å². The summed E-state index contributed by atoms with van der Waals surface area (Å²) in [5.74, 6) is -1.74. The predicted molar refractivity (Wildman–Crippen MR) is 106 cm³/mol. The first kappa shape index (κ1) is 18.6. The van der Waals surface area contributed by atoms with Gasteiger partial charge in [0.25, 0.3) is 5.91 Å². The maximum atomic E-state index is 12.3. The molecular weight excluding hydrogens is 352 g/mol. The fourth-order valence-corrected chi connectivity index (χ4v) is 2.73. The molecule has 3 aromatic carbocycles. The van der Waals surface area contributed by atoms with Crippen LogP contribution in [0.3, 0.4) is 0 Å². The first-order chi connectivity index (χ1) is 13.6. The Labute approximate surface area is 162 Å². The van der Waals surface area contributed by atoms with Crippen molar-refractivity contribution in [2.45, 2.75) is 0 Å². The van der Waals surface area contributed by atoms with E-state index in [0.717, 1.165) is 11.1 Å². The third-order valence-electron chi connectivity index (χ3n) is 4.07. The van der Waals surface area contributed by atoms with E-state index < -0.39 is 11.9 Å². The average Bonchev–Trinajstić information content (AvgIpc) is 2.74. The first-order valence-electron chi connectivity index (χ1n) is 8.49. The Morgan fingerprint density at radius 3 is 2.36 bits per heavy atom. The molecule has 0 atom stereocenters. The highest BCUT2D eigenvalue weighted by atomic mass is 16.4. The maximum absolute atomic E-state index is 12.3. The van der Waals surface area contributed by atoms with Gasteiger partial charge < -0.3 is 10.4 Å². The van der Waals surface area contributed by atoms with E-state index in [1.54, 1.807) is 60.7 Å². The van der Waals surface area contributed by atoms with Gasteiger partial charge in [-0.15, -0.1) is 0 Å². The van der Waals surface area contributed by atoms with Gasteiger partial charge in [-0.1, -0.05) is 54.6 Å². The van der Waals surface area contributed by atoms with Crippen molar-refractivity contribution in [3.8, 4) is 17.2 Å². The van der Waals surface area contributed by atoms with Gasteiger partial charge in [-0.25, -0.2) is 4.79 Å². The van der Waals surface area contributed by atoms with Gasteiger partial charge >= 0.3 is 5.97 Å².